The van der Waals surface area contributed by atoms with Crippen molar-refractivity contribution in [3.63, 3.8) is 0 Å². The monoisotopic (exact) mass is 348 g/mol. The first kappa shape index (κ1) is 15.4. The Labute approximate surface area is 132 Å². The number of halogens is 1. The van der Waals surface area contributed by atoms with E-state index in [1.165, 1.54) is 0 Å². The molecule has 0 fully saturated rings. The molecule has 4 nitrogen and oxygen atoms in total. The predicted octanol–water partition coefficient (Wildman–Crippen LogP) is 3.71. The van der Waals surface area contributed by atoms with Gasteiger partial charge in [0, 0.05) is 28.3 Å². The summed E-state index contributed by atoms with van der Waals surface area (Å²) in [6, 6.07) is 10.1. The number of nitrogen functional groups attached to an aromatic ring is 1. The summed E-state index contributed by atoms with van der Waals surface area (Å²) in [5, 5.41) is 9.65. The summed E-state index contributed by atoms with van der Waals surface area (Å²) in [4.78, 5) is 14.3. The number of benzene rings is 2. The zero-order valence-electron chi connectivity index (χ0n) is 11.9. The minimum Gasteiger partial charge on any atom is -0.508 e. The third-order valence-corrected chi connectivity index (χ3v) is 3.98. The summed E-state index contributed by atoms with van der Waals surface area (Å²) >= 11 is 3.33. The Kier molecular flexibility index (Phi) is 4.53. The number of carbonyl (C=O) groups excluding carboxylic acids is 1. The molecule has 0 unspecified atom stereocenters. The van der Waals surface area contributed by atoms with Crippen LogP contribution in [-0.4, -0.2) is 17.6 Å². The van der Waals surface area contributed by atoms with Crippen molar-refractivity contribution in [3.8, 4) is 5.75 Å². The van der Waals surface area contributed by atoms with Crippen LogP contribution in [0.15, 0.2) is 40.9 Å². The van der Waals surface area contributed by atoms with Gasteiger partial charge in [0.05, 0.1) is 5.69 Å². The van der Waals surface area contributed by atoms with Gasteiger partial charge in [-0.2, -0.15) is 0 Å². The molecule has 0 atom stereocenters. The SMILES string of the molecule is CCN(C(=O)c1ccc(N)c(Br)c1)c1cc(O)ccc1C. The van der Waals surface area contributed by atoms with E-state index in [0.29, 0.717) is 28.0 Å². The summed E-state index contributed by atoms with van der Waals surface area (Å²) in [5.74, 6) is 0.00670. The van der Waals surface area contributed by atoms with Crippen LogP contribution in [0.1, 0.15) is 22.8 Å². The van der Waals surface area contributed by atoms with E-state index >= 15 is 0 Å². The van der Waals surface area contributed by atoms with Crippen molar-refractivity contribution < 1.29 is 9.90 Å². The fraction of sp³-hybridized carbons (Fsp3) is 0.188. The highest BCUT2D eigenvalue weighted by atomic mass is 79.9. The van der Waals surface area contributed by atoms with Crippen molar-refractivity contribution in [2.75, 3.05) is 17.2 Å². The topological polar surface area (TPSA) is 66.6 Å². The largest absolute Gasteiger partial charge is 0.508 e. The van der Waals surface area contributed by atoms with E-state index in [1.807, 2.05) is 13.8 Å². The molecule has 5 heteroatoms. The number of phenolic OH excluding ortho intramolecular Hbond substituents is 1. The maximum atomic E-state index is 12.7. The van der Waals surface area contributed by atoms with Crippen LogP contribution in [-0.2, 0) is 0 Å². The molecule has 2 aromatic rings. The molecular weight excluding hydrogens is 332 g/mol. The van der Waals surface area contributed by atoms with Crippen LogP contribution in [0.2, 0.25) is 0 Å². The number of carbonyl (C=O) groups is 1. The molecule has 0 aliphatic carbocycles. The second-order valence-electron chi connectivity index (χ2n) is 4.76. The van der Waals surface area contributed by atoms with Crippen LogP contribution in [0.25, 0.3) is 0 Å². The average molecular weight is 349 g/mol. The Balaban J connectivity index is 2.43. The molecule has 21 heavy (non-hydrogen) atoms. The second kappa shape index (κ2) is 6.18. The number of rotatable bonds is 3. The van der Waals surface area contributed by atoms with E-state index in [-0.39, 0.29) is 11.7 Å². The number of hydrogen-bond donors (Lipinski definition) is 2. The summed E-state index contributed by atoms with van der Waals surface area (Å²) in [5.41, 5.74) is 8.51. The van der Waals surface area contributed by atoms with Gasteiger partial charge < -0.3 is 15.7 Å². The molecular formula is C16H17BrN2O2. The van der Waals surface area contributed by atoms with Crippen LogP contribution in [0.3, 0.4) is 0 Å². The van der Waals surface area contributed by atoms with E-state index < -0.39 is 0 Å². The van der Waals surface area contributed by atoms with E-state index in [0.717, 1.165) is 5.56 Å². The lowest BCUT2D eigenvalue weighted by atomic mass is 10.1. The molecule has 0 heterocycles. The minimum atomic E-state index is -0.132. The number of aryl methyl sites for hydroxylation is 1. The fourth-order valence-electron chi connectivity index (χ4n) is 2.13. The quantitative estimate of drug-likeness (QED) is 0.830. The molecule has 0 saturated carbocycles. The molecule has 0 radical (unpaired) electrons. The van der Waals surface area contributed by atoms with Gasteiger partial charge in [-0.25, -0.2) is 0 Å². The summed E-state index contributed by atoms with van der Waals surface area (Å²) in [6.07, 6.45) is 0. The molecule has 3 N–H and O–H groups in total. The fourth-order valence-corrected chi connectivity index (χ4v) is 2.51. The molecule has 2 aromatic carbocycles. The molecule has 110 valence electrons. The molecule has 0 bridgehead atoms. The second-order valence-corrected chi connectivity index (χ2v) is 5.61. The Morgan fingerprint density at radius 2 is 2.00 bits per heavy atom. The van der Waals surface area contributed by atoms with Crippen LogP contribution >= 0.6 is 15.9 Å². The number of anilines is 2. The van der Waals surface area contributed by atoms with Gasteiger partial charge >= 0.3 is 0 Å². The smallest absolute Gasteiger partial charge is 0.258 e. The van der Waals surface area contributed by atoms with Gasteiger partial charge in [0.1, 0.15) is 5.75 Å². The number of amides is 1. The van der Waals surface area contributed by atoms with E-state index in [4.69, 9.17) is 5.73 Å². The van der Waals surface area contributed by atoms with Crippen LogP contribution in [0.4, 0.5) is 11.4 Å². The Morgan fingerprint density at radius 3 is 2.62 bits per heavy atom. The van der Waals surface area contributed by atoms with Crippen molar-refractivity contribution in [1.82, 2.24) is 0 Å². The van der Waals surface area contributed by atoms with Gasteiger partial charge in [0.15, 0.2) is 0 Å². The number of hydrogen-bond acceptors (Lipinski definition) is 3. The maximum absolute atomic E-state index is 12.7. The zero-order chi connectivity index (χ0) is 15.6. The van der Waals surface area contributed by atoms with E-state index in [2.05, 4.69) is 15.9 Å². The molecule has 0 aliphatic heterocycles. The Hall–Kier alpha value is -2.01. The summed E-state index contributed by atoms with van der Waals surface area (Å²) in [7, 11) is 0. The first-order chi connectivity index (χ1) is 9.93. The standard InChI is InChI=1S/C16H17BrN2O2/c1-3-19(15-9-12(20)6-4-10(15)2)16(21)11-5-7-14(18)13(17)8-11/h4-9,20H,3,18H2,1-2H3. The number of nitrogens with zero attached hydrogens (tertiary/aromatic N) is 1. The Morgan fingerprint density at radius 1 is 1.29 bits per heavy atom. The van der Waals surface area contributed by atoms with Crippen LogP contribution < -0.4 is 10.6 Å². The lowest BCUT2D eigenvalue weighted by Gasteiger charge is -2.23. The highest BCUT2D eigenvalue weighted by molar-refractivity contribution is 9.10. The molecule has 0 saturated heterocycles. The van der Waals surface area contributed by atoms with E-state index in [9.17, 15) is 9.90 Å². The van der Waals surface area contributed by atoms with Crippen molar-refractivity contribution >= 4 is 33.2 Å². The van der Waals surface area contributed by atoms with Gasteiger partial charge in [-0.3, -0.25) is 4.79 Å². The Bertz CT molecular complexity index is 686. The van der Waals surface area contributed by atoms with Gasteiger partial charge in [-0.05, 0) is 59.6 Å². The maximum Gasteiger partial charge on any atom is 0.258 e. The number of aromatic hydroxyl groups is 1. The first-order valence-corrected chi connectivity index (χ1v) is 7.40. The predicted molar refractivity (Wildman–Crippen MR) is 88.7 cm³/mol. The first-order valence-electron chi connectivity index (χ1n) is 6.60. The highest BCUT2D eigenvalue weighted by Crippen LogP contribution is 2.27. The summed E-state index contributed by atoms with van der Waals surface area (Å²) in [6.45, 7) is 4.31. The zero-order valence-corrected chi connectivity index (χ0v) is 13.5. The van der Waals surface area contributed by atoms with Crippen molar-refractivity contribution in [2.24, 2.45) is 0 Å². The molecule has 0 spiro atoms. The molecule has 2 rings (SSSR count). The van der Waals surface area contributed by atoms with Crippen molar-refractivity contribution in [3.05, 3.63) is 52.0 Å². The van der Waals surface area contributed by atoms with Gasteiger partial charge in [-0.15, -0.1) is 0 Å². The average Bonchev–Trinajstić information content (AvgIpc) is 2.46. The molecule has 0 aliphatic rings. The molecule has 1 amide bonds. The van der Waals surface area contributed by atoms with Crippen molar-refractivity contribution in [2.45, 2.75) is 13.8 Å². The highest BCUT2D eigenvalue weighted by Gasteiger charge is 2.18. The van der Waals surface area contributed by atoms with E-state index in [1.54, 1.807) is 41.3 Å². The lowest BCUT2D eigenvalue weighted by molar-refractivity contribution is 0.0988. The number of nitrogens with two attached hydrogens (primary N) is 1. The van der Waals surface area contributed by atoms with Gasteiger partial charge in [0.2, 0.25) is 0 Å². The molecule has 0 aromatic heterocycles. The number of phenols is 1. The third-order valence-electron chi connectivity index (χ3n) is 3.29. The summed E-state index contributed by atoms with van der Waals surface area (Å²) < 4.78 is 0.692. The lowest BCUT2D eigenvalue weighted by Crippen LogP contribution is -2.31. The van der Waals surface area contributed by atoms with Crippen LogP contribution in [0.5, 0.6) is 5.75 Å². The minimum absolute atomic E-state index is 0.132. The van der Waals surface area contributed by atoms with Gasteiger partial charge in [-0.1, -0.05) is 6.07 Å². The normalized spacial score (nSPS) is 10.4. The third kappa shape index (κ3) is 3.19. The van der Waals surface area contributed by atoms with Crippen molar-refractivity contribution in [1.29, 1.82) is 0 Å². The van der Waals surface area contributed by atoms with Crippen LogP contribution in [0, 0.1) is 6.92 Å². The van der Waals surface area contributed by atoms with Gasteiger partial charge in [0.25, 0.3) is 5.91 Å².